The Bertz CT molecular complexity index is 870. The highest BCUT2D eigenvalue weighted by Gasteiger charge is 2.25. The van der Waals surface area contributed by atoms with E-state index in [0.717, 1.165) is 12.0 Å². The average Bonchev–Trinajstić information content (AvgIpc) is 3.03. The molecule has 0 atom stereocenters. The maximum Gasteiger partial charge on any atom is 0.253 e. The molecule has 1 saturated heterocycles. The zero-order valence-electron chi connectivity index (χ0n) is 14.1. The molecule has 0 unspecified atom stereocenters. The first kappa shape index (κ1) is 19.0. The van der Waals surface area contributed by atoms with Gasteiger partial charge in [-0.25, -0.2) is 0 Å². The van der Waals surface area contributed by atoms with E-state index in [2.05, 4.69) is 0 Å². The van der Waals surface area contributed by atoms with E-state index in [0.29, 0.717) is 45.8 Å². The van der Waals surface area contributed by atoms with Crippen LogP contribution in [0.2, 0.25) is 15.1 Å². The third-order valence-corrected chi connectivity index (χ3v) is 5.23. The molecule has 0 bridgehead atoms. The van der Waals surface area contributed by atoms with Gasteiger partial charge in [0.05, 0.1) is 10.7 Å². The predicted octanol–water partition coefficient (Wildman–Crippen LogP) is 5.05. The Hall–Kier alpha value is -1.75. The number of carbonyl (C=O) groups excluding carboxylic acids is 2. The second kappa shape index (κ2) is 7.87. The molecule has 2 aromatic carbocycles. The number of rotatable bonds is 4. The molecular weight excluding hydrogens is 395 g/mol. The lowest BCUT2D eigenvalue weighted by atomic mass is 10.1. The number of nitrogens with zero attached hydrogens (tertiary/aromatic N) is 2. The lowest BCUT2D eigenvalue weighted by Gasteiger charge is -2.21. The molecule has 4 nitrogen and oxygen atoms in total. The summed E-state index contributed by atoms with van der Waals surface area (Å²) in [5, 5.41) is 1.52. The molecule has 1 aliphatic rings. The van der Waals surface area contributed by atoms with Crippen LogP contribution in [0, 0.1) is 0 Å². The van der Waals surface area contributed by atoms with Crippen LogP contribution < -0.4 is 4.90 Å². The van der Waals surface area contributed by atoms with Crippen molar-refractivity contribution in [3.05, 3.63) is 62.6 Å². The van der Waals surface area contributed by atoms with Crippen molar-refractivity contribution in [2.24, 2.45) is 0 Å². The molecule has 26 heavy (non-hydrogen) atoms. The highest BCUT2D eigenvalue weighted by Crippen LogP contribution is 2.31. The summed E-state index contributed by atoms with van der Waals surface area (Å²) >= 11 is 18.3. The van der Waals surface area contributed by atoms with Gasteiger partial charge in [0.2, 0.25) is 5.91 Å². The van der Waals surface area contributed by atoms with E-state index in [1.165, 1.54) is 0 Å². The zero-order chi connectivity index (χ0) is 18.8. The molecule has 1 aliphatic heterocycles. The highest BCUT2D eigenvalue weighted by atomic mass is 35.5. The van der Waals surface area contributed by atoms with E-state index in [9.17, 15) is 9.59 Å². The number of halogens is 3. The van der Waals surface area contributed by atoms with E-state index < -0.39 is 0 Å². The largest absolute Gasteiger partial charge is 0.337 e. The summed E-state index contributed by atoms with van der Waals surface area (Å²) in [5.74, 6) is -0.154. The van der Waals surface area contributed by atoms with Gasteiger partial charge in [0, 0.05) is 42.2 Å². The Morgan fingerprint density at radius 2 is 1.88 bits per heavy atom. The third kappa shape index (κ3) is 3.98. The van der Waals surface area contributed by atoms with Crippen LogP contribution in [0.1, 0.15) is 28.8 Å². The zero-order valence-corrected chi connectivity index (χ0v) is 16.4. The van der Waals surface area contributed by atoms with E-state index >= 15 is 0 Å². The van der Waals surface area contributed by atoms with Gasteiger partial charge in [0.25, 0.3) is 5.91 Å². The van der Waals surface area contributed by atoms with E-state index in [4.69, 9.17) is 34.8 Å². The quantitative estimate of drug-likeness (QED) is 0.706. The molecule has 0 aromatic heterocycles. The van der Waals surface area contributed by atoms with Gasteiger partial charge in [-0.05, 0) is 42.3 Å². The minimum Gasteiger partial charge on any atom is -0.337 e. The van der Waals surface area contributed by atoms with Gasteiger partial charge in [-0.1, -0.05) is 40.9 Å². The van der Waals surface area contributed by atoms with Crippen LogP contribution in [-0.4, -0.2) is 30.3 Å². The van der Waals surface area contributed by atoms with Gasteiger partial charge in [-0.15, -0.1) is 0 Å². The molecule has 0 spiro atoms. The van der Waals surface area contributed by atoms with Crippen LogP contribution in [0.4, 0.5) is 5.69 Å². The molecule has 1 heterocycles. The molecule has 0 radical (unpaired) electrons. The summed E-state index contributed by atoms with van der Waals surface area (Å²) in [4.78, 5) is 28.0. The van der Waals surface area contributed by atoms with Crippen molar-refractivity contribution in [1.29, 1.82) is 0 Å². The fourth-order valence-corrected chi connectivity index (χ4v) is 3.64. The number of anilines is 1. The van der Waals surface area contributed by atoms with Crippen LogP contribution in [0.15, 0.2) is 36.4 Å². The van der Waals surface area contributed by atoms with Crippen LogP contribution >= 0.6 is 34.8 Å². The van der Waals surface area contributed by atoms with Gasteiger partial charge < -0.3 is 9.80 Å². The fraction of sp³-hybridized carbons (Fsp3) is 0.263. The summed E-state index contributed by atoms with van der Waals surface area (Å²) in [7, 11) is 1.70. The normalized spacial score (nSPS) is 14.0. The molecule has 0 saturated carbocycles. The molecule has 1 fully saturated rings. The number of hydrogen-bond donors (Lipinski definition) is 0. The number of benzene rings is 2. The minimum absolute atomic E-state index is 0.0257. The van der Waals surface area contributed by atoms with Crippen molar-refractivity contribution in [2.45, 2.75) is 19.4 Å². The number of amides is 2. The summed E-state index contributed by atoms with van der Waals surface area (Å²) < 4.78 is 0. The number of hydrogen-bond acceptors (Lipinski definition) is 2. The van der Waals surface area contributed by atoms with Crippen molar-refractivity contribution in [2.75, 3.05) is 18.5 Å². The number of carbonyl (C=O) groups is 2. The van der Waals surface area contributed by atoms with Crippen molar-refractivity contribution in [3.63, 3.8) is 0 Å². The Labute approximate surface area is 167 Å². The summed E-state index contributed by atoms with van der Waals surface area (Å²) in [6.45, 7) is 0.960. The second-order valence-electron chi connectivity index (χ2n) is 6.21. The lowest BCUT2D eigenvalue weighted by molar-refractivity contribution is -0.117. The maximum atomic E-state index is 12.8. The van der Waals surface area contributed by atoms with Gasteiger partial charge in [0.15, 0.2) is 0 Å². The van der Waals surface area contributed by atoms with Crippen molar-refractivity contribution in [3.8, 4) is 0 Å². The van der Waals surface area contributed by atoms with E-state index in [1.54, 1.807) is 53.2 Å². The van der Waals surface area contributed by atoms with Crippen LogP contribution in [0.25, 0.3) is 0 Å². The lowest BCUT2D eigenvalue weighted by Crippen LogP contribution is -2.28. The molecule has 7 heteroatoms. The predicted molar refractivity (Wildman–Crippen MR) is 105 cm³/mol. The Balaban J connectivity index is 1.81. The van der Waals surface area contributed by atoms with Crippen molar-refractivity contribution in [1.82, 2.24) is 4.90 Å². The van der Waals surface area contributed by atoms with Gasteiger partial charge >= 0.3 is 0 Å². The highest BCUT2D eigenvalue weighted by molar-refractivity contribution is 6.35. The van der Waals surface area contributed by atoms with E-state index in [-0.39, 0.29) is 11.8 Å². The Kier molecular flexibility index (Phi) is 5.76. The van der Waals surface area contributed by atoms with Gasteiger partial charge in [0.1, 0.15) is 0 Å². The molecule has 0 aliphatic carbocycles. The molecule has 136 valence electrons. The summed E-state index contributed by atoms with van der Waals surface area (Å²) in [6, 6.07) is 10.2. The maximum absolute atomic E-state index is 12.8. The van der Waals surface area contributed by atoms with Gasteiger partial charge in [-0.3, -0.25) is 9.59 Å². The first-order chi connectivity index (χ1) is 12.4. The minimum atomic E-state index is -0.180. The monoisotopic (exact) mass is 410 g/mol. The molecular formula is C19H17Cl3N2O2. The SMILES string of the molecule is CN(Cc1ccc(Cl)cc1Cl)C(=O)c1ccc(Cl)c(N2CCCC2=O)c1. The van der Waals surface area contributed by atoms with Crippen molar-refractivity contribution < 1.29 is 9.59 Å². The van der Waals surface area contributed by atoms with Crippen LogP contribution in [-0.2, 0) is 11.3 Å². The molecule has 3 rings (SSSR count). The molecule has 2 aromatic rings. The van der Waals surface area contributed by atoms with Crippen molar-refractivity contribution >= 4 is 52.3 Å². The second-order valence-corrected chi connectivity index (χ2v) is 7.46. The summed E-state index contributed by atoms with van der Waals surface area (Å²) in [5.41, 5.74) is 1.85. The molecule has 2 amide bonds. The average molecular weight is 412 g/mol. The summed E-state index contributed by atoms with van der Waals surface area (Å²) in [6.07, 6.45) is 1.30. The van der Waals surface area contributed by atoms with Crippen LogP contribution in [0.5, 0.6) is 0 Å². The first-order valence-corrected chi connectivity index (χ1v) is 9.29. The topological polar surface area (TPSA) is 40.6 Å². The third-order valence-electron chi connectivity index (χ3n) is 4.33. The standard InChI is InChI=1S/C19H17Cl3N2O2/c1-23(11-13-4-6-14(20)10-16(13)22)19(26)12-5-7-15(21)17(9-12)24-8-2-3-18(24)25/h4-7,9-10H,2-3,8,11H2,1H3. The smallest absolute Gasteiger partial charge is 0.253 e. The Morgan fingerprint density at radius 1 is 1.12 bits per heavy atom. The fourth-order valence-electron chi connectivity index (χ4n) is 2.95. The molecule has 0 N–H and O–H groups in total. The Morgan fingerprint density at radius 3 is 2.54 bits per heavy atom. The first-order valence-electron chi connectivity index (χ1n) is 8.16. The van der Waals surface area contributed by atoms with Crippen LogP contribution in [0.3, 0.4) is 0 Å². The van der Waals surface area contributed by atoms with E-state index in [1.807, 2.05) is 0 Å². The van der Waals surface area contributed by atoms with Gasteiger partial charge in [-0.2, -0.15) is 0 Å².